The Morgan fingerprint density at radius 2 is 1.71 bits per heavy atom. The number of fused-ring (bicyclic) bond motifs is 2. The molecule has 0 radical (unpaired) electrons. The average Bonchev–Trinajstić information content (AvgIpc) is 3.19. The van der Waals surface area contributed by atoms with Crippen LogP contribution in [0.1, 0.15) is 33.1 Å². The fraction of sp³-hybridized carbons (Fsp3) is 0.194. The molecule has 5 aromatic rings. The lowest BCUT2D eigenvalue weighted by molar-refractivity contribution is 0.0763. The number of halogens is 2. The van der Waals surface area contributed by atoms with Gasteiger partial charge in [0.05, 0.1) is 23.6 Å². The molecule has 0 N–H and O–H groups in total. The summed E-state index contributed by atoms with van der Waals surface area (Å²) in [5, 5.41) is 5.59. The first kappa shape index (κ1) is 22.8. The van der Waals surface area contributed by atoms with E-state index in [0.717, 1.165) is 28.4 Å². The summed E-state index contributed by atoms with van der Waals surface area (Å²) in [4.78, 5) is 19.2. The van der Waals surface area contributed by atoms with Gasteiger partial charge in [-0.15, -0.1) is 0 Å². The Hall–Kier alpha value is -4.39. The van der Waals surface area contributed by atoms with E-state index in [1.807, 2.05) is 21.8 Å². The molecule has 0 spiro atoms. The van der Waals surface area contributed by atoms with Crippen molar-refractivity contribution in [2.75, 3.05) is 13.1 Å². The van der Waals surface area contributed by atoms with Crippen LogP contribution in [-0.4, -0.2) is 38.7 Å². The zero-order valence-corrected chi connectivity index (χ0v) is 20.7. The zero-order valence-electron chi connectivity index (χ0n) is 20.7. The van der Waals surface area contributed by atoms with Gasteiger partial charge in [0, 0.05) is 29.8 Å². The van der Waals surface area contributed by atoms with E-state index >= 15 is 0 Å². The van der Waals surface area contributed by atoms with E-state index in [2.05, 4.69) is 53.4 Å². The zero-order chi connectivity index (χ0) is 26.0. The van der Waals surface area contributed by atoms with E-state index in [9.17, 15) is 13.6 Å². The first-order valence-electron chi connectivity index (χ1n) is 12.7. The maximum Gasteiger partial charge on any atom is 0.272 e. The van der Waals surface area contributed by atoms with Gasteiger partial charge in [0.25, 0.3) is 5.91 Å². The van der Waals surface area contributed by atoms with Gasteiger partial charge in [-0.3, -0.25) is 4.79 Å². The summed E-state index contributed by atoms with van der Waals surface area (Å²) in [6.07, 6.45) is 2.93. The van der Waals surface area contributed by atoms with Crippen molar-refractivity contribution in [1.82, 2.24) is 19.7 Å². The molecule has 188 valence electrons. The third kappa shape index (κ3) is 3.38. The Labute approximate surface area is 218 Å². The highest BCUT2D eigenvalue weighted by molar-refractivity contribution is 5.93. The molecule has 1 aliphatic heterocycles. The Bertz CT molecular complexity index is 1680. The van der Waals surface area contributed by atoms with Crippen molar-refractivity contribution in [3.63, 3.8) is 0 Å². The van der Waals surface area contributed by atoms with Crippen molar-refractivity contribution < 1.29 is 13.6 Å². The van der Waals surface area contributed by atoms with Crippen LogP contribution in [0.25, 0.3) is 16.6 Å². The molecule has 2 aliphatic rings. The molecule has 7 heteroatoms. The van der Waals surface area contributed by atoms with Crippen molar-refractivity contribution >= 4 is 16.8 Å². The molecule has 1 aliphatic carbocycles. The Morgan fingerprint density at radius 1 is 0.947 bits per heavy atom. The third-order valence-electron chi connectivity index (χ3n) is 8.26. The summed E-state index contributed by atoms with van der Waals surface area (Å²) in [5.41, 5.74) is 5.38. The highest BCUT2D eigenvalue weighted by Crippen LogP contribution is 2.69. The standard InChI is InChI=1S/C31H24F2N4O/c1-19-13-28-21(15-35-37(28)24-10-7-22(32)8-11-24)14-25(19)31-18-36(30(38)27-12-9-23(33)16-34-27)17-26(31)29(31)20-5-3-2-4-6-20/h2-16,26,29H,17-18H2,1H3/t26-,29-,31+/m0/s1. The Balaban J connectivity index is 1.30. The average molecular weight is 507 g/mol. The van der Waals surface area contributed by atoms with Crippen LogP contribution in [-0.2, 0) is 5.41 Å². The largest absolute Gasteiger partial charge is 0.336 e. The fourth-order valence-electron chi connectivity index (χ4n) is 6.55. The highest BCUT2D eigenvalue weighted by Gasteiger charge is 2.71. The fourth-order valence-corrected chi connectivity index (χ4v) is 6.55. The molecule has 1 saturated heterocycles. The van der Waals surface area contributed by atoms with Crippen LogP contribution in [0.5, 0.6) is 0 Å². The van der Waals surface area contributed by atoms with E-state index in [4.69, 9.17) is 0 Å². The van der Waals surface area contributed by atoms with Crippen molar-refractivity contribution in [3.05, 3.63) is 125 Å². The third-order valence-corrected chi connectivity index (χ3v) is 8.26. The number of nitrogens with zero attached hydrogens (tertiary/aromatic N) is 4. The molecule has 7 rings (SSSR count). The monoisotopic (exact) mass is 506 g/mol. The van der Waals surface area contributed by atoms with Gasteiger partial charge in [0.2, 0.25) is 0 Å². The van der Waals surface area contributed by atoms with Crippen LogP contribution in [0.15, 0.2) is 91.3 Å². The molecule has 3 aromatic carbocycles. The van der Waals surface area contributed by atoms with Crippen LogP contribution >= 0.6 is 0 Å². The number of rotatable bonds is 4. The summed E-state index contributed by atoms with van der Waals surface area (Å²) < 4.78 is 28.7. The van der Waals surface area contributed by atoms with E-state index in [1.54, 1.807) is 12.1 Å². The molecule has 1 amide bonds. The van der Waals surface area contributed by atoms with E-state index in [0.29, 0.717) is 13.1 Å². The van der Waals surface area contributed by atoms with Crippen molar-refractivity contribution in [2.45, 2.75) is 18.3 Å². The van der Waals surface area contributed by atoms with Crippen LogP contribution in [0.3, 0.4) is 0 Å². The van der Waals surface area contributed by atoms with Gasteiger partial charge < -0.3 is 4.90 Å². The number of benzene rings is 3. The number of aromatic nitrogens is 3. The number of hydrogen-bond acceptors (Lipinski definition) is 3. The molecule has 3 atom stereocenters. The molecule has 1 saturated carbocycles. The van der Waals surface area contributed by atoms with Gasteiger partial charge in [-0.25, -0.2) is 18.4 Å². The Kier molecular flexibility index (Phi) is 4.98. The molecule has 3 heterocycles. The van der Waals surface area contributed by atoms with Gasteiger partial charge >= 0.3 is 0 Å². The number of piperidine rings is 1. The minimum absolute atomic E-state index is 0.175. The molecule has 0 bridgehead atoms. The number of likely N-dealkylation sites (tertiary alicyclic amines) is 1. The summed E-state index contributed by atoms with van der Waals surface area (Å²) in [7, 11) is 0. The SMILES string of the molecule is Cc1cc2c(cnn2-c2ccc(F)cc2)cc1[C@]12CN(C(=O)c3ccc(F)cn3)C[C@H]1[C@@H]2c1ccccc1. The number of carbonyl (C=O) groups is 1. The predicted octanol–water partition coefficient (Wildman–Crippen LogP) is 5.81. The minimum Gasteiger partial charge on any atom is -0.336 e. The molecule has 2 fully saturated rings. The summed E-state index contributed by atoms with van der Waals surface area (Å²) in [5.74, 6) is -0.372. The maximum atomic E-state index is 13.5. The van der Waals surface area contributed by atoms with Gasteiger partial charge in [-0.2, -0.15) is 5.10 Å². The molecule has 2 aromatic heterocycles. The predicted molar refractivity (Wildman–Crippen MR) is 140 cm³/mol. The molecule has 0 unspecified atom stereocenters. The van der Waals surface area contributed by atoms with Crippen molar-refractivity contribution in [2.24, 2.45) is 5.92 Å². The summed E-state index contributed by atoms with van der Waals surface area (Å²) >= 11 is 0. The topological polar surface area (TPSA) is 51.0 Å². The number of carbonyl (C=O) groups excluding carboxylic acids is 1. The molecular formula is C31H24F2N4O. The summed E-state index contributed by atoms with van der Waals surface area (Å²) in [6.45, 7) is 3.28. The first-order chi connectivity index (χ1) is 18.5. The minimum atomic E-state index is -0.462. The number of aryl methyl sites for hydroxylation is 1. The second kappa shape index (κ2) is 8.31. The quantitative estimate of drug-likeness (QED) is 0.309. The van der Waals surface area contributed by atoms with Crippen molar-refractivity contribution in [3.8, 4) is 5.69 Å². The Morgan fingerprint density at radius 3 is 2.45 bits per heavy atom. The van der Waals surface area contributed by atoms with Crippen LogP contribution in [0, 0.1) is 24.5 Å². The van der Waals surface area contributed by atoms with Gasteiger partial charge in [0.1, 0.15) is 17.3 Å². The lowest BCUT2D eigenvalue weighted by atomic mass is 9.86. The van der Waals surface area contributed by atoms with Gasteiger partial charge in [-0.05, 0) is 78.1 Å². The smallest absolute Gasteiger partial charge is 0.272 e. The van der Waals surface area contributed by atoms with E-state index < -0.39 is 5.82 Å². The van der Waals surface area contributed by atoms with Crippen LogP contribution in [0.4, 0.5) is 8.78 Å². The molecule has 38 heavy (non-hydrogen) atoms. The second-order valence-electron chi connectivity index (χ2n) is 10.3. The van der Waals surface area contributed by atoms with Gasteiger partial charge in [-0.1, -0.05) is 30.3 Å². The van der Waals surface area contributed by atoms with Crippen LogP contribution in [0.2, 0.25) is 0 Å². The van der Waals surface area contributed by atoms with E-state index in [-0.39, 0.29) is 34.7 Å². The van der Waals surface area contributed by atoms with Crippen LogP contribution < -0.4 is 0 Å². The van der Waals surface area contributed by atoms with E-state index in [1.165, 1.54) is 35.4 Å². The molecular weight excluding hydrogens is 482 g/mol. The summed E-state index contributed by atoms with van der Waals surface area (Å²) in [6, 6.07) is 23.8. The lowest BCUT2D eigenvalue weighted by Crippen LogP contribution is -2.35. The maximum absolute atomic E-state index is 13.5. The normalized spacial score (nSPS) is 22.0. The van der Waals surface area contributed by atoms with Gasteiger partial charge in [0.15, 0.2) is 0 Å². The second-order valence-corrected chi connectivity index (χ2v) is 10.3. The lowest BCUT2D eigenvalue weighted by Gasteiger charge is -2.25. The van der Waals surface area contributed by atoms with Crippen molar-refractivity contribution in [1.29, 1.82) is 0 Å². The molecule has 5 nitrogen and oxygen atoms in total. The number of hydrogen-bond donors (Lipinski definition) is 0. The first-order valence-corrected chi connectivity index (χ1v) is 12.7. The highest BCUT2D eigenvalue weighted by atomic mass is 19.1. The number of pyridine rings is 1. The number of amides is 1.